The first-order chi connectivity index (χ1) is 14.2. The predicted octanol–water partition coefficient (Wildman–Crippen LogP) is 3.72. The standard InChI is InChI=1S/C20H24BrF3N4O2/c1-14-18(21)19(20(22,23)24)25-28(14)7-6-17(29)27-10-8-26(9-11-27)13-15-4-3-5-16(12-15)30-2/h3-5,12H,6-11,13H2,1-2H3. The van der Waals surface area contributed by atoms with Crippen LogP contribution in [0.15, 0.2) is 28.7 Å². The predicted molar refractivity (Wildman–Crippen MR) is 109 cm³/mol. The molecule has 30 heavy (non-hydrogen) atoms. The zero-order valence-corrected chi connectivity index (χ0v) is 18.5. The number of hydrogen-bond acceptors (Lipinski definition) is 4. The van der Waals surface area contributed by atoms with E-state index in [9.17, 15) is 18.0 Å². The van der Waals surface area contributed by atoms with Crippen molar-refractivity contribution in [1.82, 2.24) is 19.6 Å². The van der Waals surface area contributed by atoms with Gasteiger partial charge < -0.3 is 9.64 Å². The van der Waals surface area contributed by atoms with Gasteiger partial charge in [-0.25, -0.2) is 0 Å². The Morgan fingerprint density at radius 1 is 1.23 bits per heavy atom. The van der Waals surface area contributed by atoms with E-state index in [4.69, 9.17) is 4.74 Å². The van der Waals surface area contributed by atoms with Crippen molar-refractivity contribution in [2.24, 2.45) is 0 Å². The van der Waals surface area contributed by atoms with Gasteiger partial charge in [-0.3, -0.25) is 14.4 Å². The average molecular weight is 489 g/mol. The molecule has 1 amide bonds. The van der Waals surface area contributed by atoms with Crippen molar-refractivity contribution in [2.75, 3.05) is 33.3 Å². The second kappa shape index (κ2) is 9.38. The molecule has 1 aromatic heterocycles. The Morgan fingerprint density at radius 3 is 2.53 bits per heavy atom. The Bertz CT molecular complexity index is 893. The molecule has 1 fully saturated rings. The van der Waals surface area contributed by atoms with Crippen LogP contribution < -0.4 is 4.74 Å². The SMILES string of the molecule is COc1cccc(CN2CCN(C(=O)CCn3nc(C(F)(F)F)c(Br)c3C)CC2)c1. The maximum absolute atomic E-state index is 13.0. The van der Waals surface area contributed by atoms with Gasteiger partial charge in [0.25, 0.3) is 0 Å². The molecule has 0 unspecified atom stereocenters. The van der Waals surface area contributed by atoms with Gasteiger partial charge in [0.15, 0.2) is 5.69 Å². The van der Waals surface area contributed by atoms with E-state index in [2.05, 4.69) is 25.9 Å². The third-order valence-corrected chi connectivity index (χ3v) is 6.15. The Hall–Kier alpha value is -2.07. The first-order valence-electron chi connectivity index (χ1n) is 9.62. The van der Waals surface area contributed by atoms with Gasteiger partial charge in [-0.15, -0.1) is 0 Å². The lowest BCUT2D eigenvalue weighted by Crippen LogP contribution is -2.48. The molecule has 0 atom stereocenters. The van der Waals surface area contributed by atoms with Gasteiger partial charge in [-0.1, -0.05) is 12.1 Å². The number of carbonyl (C=O) groups is 1. The van der Waals surface area contributed by atoms with Crippen LogP contribution in [0.3, 0.4) is 0 Å². The van der Waals surface area contributed by atoms with Crippen LogP contribution in [0, 0.1) is 6.92 Å². The van der Waals surface area contributed by atoms with Gasteiger partial charge in [0.2, 0.25) is 5.91 Å². The lowest BCUT2D eigenvalue weighted by molar-refractivity contribution is -0.142. The summed E-state index contributed by atoms with van der Waals surface area (Å²) in [4.78, 5) is 16.6. The maximum atomic E-state index is 13.0. The van der Waals surface area contributed by atoms with Gasteiger partial charge in [0.1, 0.15) is 5.75 Å². The molecule has 10 heteroatoms. The van der Waals surface area contributed by atoms with Crippen LogP contribution in [0.5, 0.6) is 5.75 Å². The summed E-state index contributed by atoms with van der Waals surface area (Å²) in [7, 11) is 1.64. The quantitative estimate of drug-likeness (QED) is 0.621. The molecule has 0 radical (unpaired) electrons. The van der Waals surface area contributed by atoms with Crippen LogP contribution in [-0.4, -0.2) is 58.8 Å². The van der Waals surface area contributed by atoms with Crippen molar-refractivity contribution in [2.45, 2.75) is 32.6 Å². The summed E-state index contributed by atoms with van der Waals surface area (Å²) in [6.45, 7) is 5.12. The molecule has 1 aliphatic rings. The molecule has 0 bridgehead atoms. The van der Waals surface area contributed by atoms with E-state index >= 15 is 0 Å². The van der Waals surface area contributed by atoms with Crippen molar-refractivity contribution >= 4 is 21.8 Å². The van der Waals surface area contributed by atoms with Crippen LogP contribution >= 0.6 is 15.9 Å². The highest BCUT2D eigenvalue weighted by Crippen LogP contribution is 2.35. The van der Waals surface area contributed by atoms with E-state index in [0.29, 0.717) is 18.8 Å². The van der Waals surface area contributed by atoms with E-state index in [1.165, 1.54) is 4.68 Å². The number of amides is 1. The Labute approximate surface area is 181 Å². The number of benzene rings is 1. The highest BCUT2D eigenvalue weighted by atomic mass is 79.9. The Morgan fingerprint density at radius 2 is 1.93 bits per heavy atom. The van der Waals surface area contributed by atoms with E-state index in [-0.39, 0.29) is 23.3 Å². The molecule has 0 N–H and O–H groups in total. The summed E-state index contributed by atoms with van der Waals surface area (Å²) in [6.07, 6.45) is -4.42. The summed E-state index contributed by atoms with van der Waals surface area (Å²) in [5.74, 6) is 0.742. The number of aromatic nitrogens is 2. The van der Waals surface area contributed by atoms with Gasteiger partial charge in [0.05, 0.1) is 23.8 Å². The van der Waals surface area contributed by atoms with Gasteiger partial charge in [-0.2, -0.15) is 18.3 Å². The van der Waals surface area contributed by atoms with Gasteiger partial charge in [-0.05, 0) is 40.5 Å². The molecular weight excluding hydrogens is 465 g/mol. The molecule has 0 spiro atoms. The summed E-state index contributed by atoms with van der Waals surface area (Å²) in [5, 5.41) is 3.63. The monoisotopic (exact) mass is 488 g/mol. The number of rotatable bonds is 6. The van der Waals surface area contributed by atoms with Gasteiger partial charge >= 0.3 is 6.18 Å². The Kier molecular flexibility index (Phi) is 7.07. The van der Waals surface area contributed by atoms with Crippen LogP contribution in [-0.2, 0) is 24.1 Å². The molecule has 1 aliphatic heterocycles. The molecule has 2 aromatic rings. The second-order valence-electron chi connectivity index (χ2n) is 7.23. The fourth-order valence-corrected chi connectivity index (χ4v) is 3.98. The molecule has 0 aliphatic carbocycles. The molecule has 3 rings (SSSR count). The highest BCUT2D eigenvalue weighted by Gasteiger charge is 2.38. The largest absolute Gasteiger partial charge is 0.497 e. The topological polar surface area (TPSA) is 50.6 Å². The number of halogens is 4. The zero-order valence-electron chi connectivity index (χ0n) is 16.9. The maximum Gasteiger partial charge on any atom is 0.436 e. The third kappa shape index (κ3) is 5.34. The minimum absolute atomic E-state index is 0.0735. The smallest absolute Gasteiger partial charge is 0.436 e. The van der Waals surface area contributed by atoms with Crippen molar-refractivity contribution in [3.63, 3.8) is 0 Å². The molecule has 1 saturated heterocycles. The van der Waals surface area contributed by atoms with Crippen LogP contribution in [0.2, 0.25) is 0 Å². The van der Waals surface area contributed by atoms with Crippen molar-refractivity contribution in [3.8, 4) is 5.75 Å². The minimum atomic E-state index is -4.53. The first kappa shape index (κ1) is 22.6. The van der Waals surface area contributed by atoms with Crippen LogP contribution in [0.4, 0.5) is 13.2 Å². The second-order valence-corrected chi connectivity index (χ2v) is 8.02. The molecular formula is C20H24BrF3N4O2. The van der Waals surface area contributed by atoms with Crippen molar-refractivity contribution < 1.29 is 22.7 Å². The van der Waals surface area contributed by atoms with E-state index in [1.54, 1.807) is 18.9 Å². The minimum Gasteiger partial charge on any atom is -0.497 e. The first-order valence-corrected chi connectivity index (χ1v) is 10.4. The molecule has 164 valence electrons. The van der Waals surface area contributed by atoms with Crippen molar-refractivity contribution in [1.29, 1.82) is 0 Å². The van der Waals surface area contributed by atoms with Crippen LogP contribution in [0.25, 0.3) is 0 Å². The number of hydrogen-bond donors (Lipinski definition) is 0. The summed E-state index contributed by atoms with van der Waals surface area (Å²) < 4.78 is 45.3. The Balaban J connectivity index is 1.50. The number of carbonyl (C=O) groups excluding carboxylic acids is 1. The third-order valence-electron chi connectivity index (χ3n) is 5.20. The summed E-state index contributed by atoms with van der Waals surface area (Å²) in [6, 6.07) is 7.89. The average Bonchev–Trinajstić information content (AvgIpc) is 3.01. The fourth-order valence-electron chi connectivity index (χ4n) is 3.47. The van der Waals surface area contributed by atoms with E-state index < -0.39 is 11.9 Å². The van der Waals surface area contributed by atoms with E-state index in [1.807, 2.05) is 24.3 Å². The number of methoxy groups -OCH3 is 1. The molecule has 0 saturated carbocycles. The number of ether oxygens (including phenoxy) is 1. The van der Waals surface area contributed by atoms with Gasteiger partial charge in [0, 0.05) is 39.1 Å². The number of nitrogens with zero attached hydrogens (tertiary/aromatic N) is 4. The molecule has 6 nitrogen and oxygen atoms in total. The zero-order chi connectivity index (χ0) is 21.9. The lowest BCUT2D eigenvalue weighted by atomic mass is 10.2. The summed E-state index contributed by atoms with van der Waals surface area (Å²) in [5.41, 5.74) is 0.547. The van der Waals surface area contributed by atoms with Crippen molar-refractivity contribution in [3.05, 3.63) is 45.7 Å². The van der Waals surface area contributed by atoms with E-state index in [0.717, 1.165) is 30.9 Å². The summed E-state index contributed by atoms with van der Waals surface area (Å²) >= 11 is 2.95. The molecule has 1 aromatic carbocycles. The number of piperazine rings is 1. The molecule has 2 heterocycles. The van der Waals surface area contributed by atoms with Crippen LogP contribution in [0.1, 0.15) is 23.4 Å². The number of alkyl halides is 3. The fraction of sp³-hybridized carbons (Fsp3) is 0.500. The number of aryl methyl sites for hydroxylation is 1. The normalized spacial score (nSPS) is 15.5. The lowest BCUT2D eigenvalue weighted by Gasteiger charge is -2.35. The highest BCUT2D eigenvalue weighted by molar-refractivity contribution is 9.10.